The first-order valence-corrected chi connectivity index (χ1v) is 2.78. The highest BCUT2D eigenvalue weighted by Gasteiger charge is 1.90. The van der Waals surface area contributed by atoms with Crippen LogP contribution < -0.4 is 5.73 Å². The normalized spacial score (nSPS) is 9.25. The van der Waals surface area contributed by atoms with E-state index in [2.05, 4.69) is 0 Å². The summed E-state index contributed by atoms with van der Waals surface area (Å²) in [5.74, 6) is 0.207. The maximum absolute atomic E-state index is 10.2. The number of ketones is 1. The Bertz CT molecular complexity index is 70.9. The summed E-state index contributed by atoms with van der Waals surface area (Å²) in [4.78, 5) is 10.2. The summed E-state index contributed by atoms with van der Waals surface area (Å²) >= 11 is 0. The first-order chi connectivity index (χ1) is 3.77. The number of carbonyl (C=O) groups excluding carboxylic acids is 1. The van der Waals surface area contributed by atoms with Gasteiger partial charge in [-0.15, -0.1) is 0 Å². The van der Waals surface area contributed by atoms with E-state index in [4.69, 9.17) is 5.73 Å². The molecule has 2 heteroatoms. The smallest absolute Gasteiger partial charge is 0.130 e. The van der Waals surface area contributed by atoms with Crippen molar-refractivity contribution < 1.29 is 4.79 Å². The van der Waals surface area contributed by atoms with Gasteiger partial charge in [-0.3, -0.25) is 0 Å². The third kappa shape index (κ3) is 5.63. The van der Waals surface area contributed by atoms with Crippen molar-refractivity contribution in [1.82, 2.24) is 0 Å². The first kappa shape index (κ1) is 7.63. The predicted molar refractivity (Wildman–Crippen MR) is 33.3 cm³/mol. The van der Waals surface area contributed by atoms with Gasteiger partial charge in [0.2, 0.25) is 0 Å². The second kappa shape index (κ2) is 4.78. The molecule has 0 rings (SSSR count). The molecule has 0 unspecified atom stereocenters. The lowest BCUT2D eigenvalue weighted by Gasteiger charge is -1.90. The average molecular weight is 114 g/mol. The minimum atomic E-state index is 0.207. The fourth-order valence-electron chi connectivity index (χ4n) is 0.423. The monoisotopic (exact) mass is 114 g/mol. The number of Topliss-reactive ketones (excluding diaryl/α,β-unsaturated/α-hetero) is 1. The molecule has 0 bridgehead atoms. The van der Waals surface area contributed by atoms with Gasteiger partial charge < -0.3 is 10.5 Å². The zero-order chi connectivity index (χ0) is 6.41. The molecule has 0 atom stereocenters. The molecule has 0 spiro atoms. The summed E-state index contributed by atoms with van der Waals surface area (Å²) in [6.45, 7) is 2.22. The number of nitrogens with two attached hydrogens (primary N) is 1. The van der Waals surface area contributed by atoms with Crippen molar-refractivity contribution in [2.75, 3.05) is 6.54 Å². The molecular formula is C6H12NO. The highest BCUT2D eigenvalue weighted by Crippen LogP contribution is 1.90. The molecule has 2 nitrogen and oxygen atoms in total. The van der Waals surface area contributed by atoms with E-state index in [-0.39, 0.29) is 5.78 Å². The minimum absolute atomic E-state index is 0.207. The first-order valence-electron chi connectivity index (χ1n) is 2.78. The Morgan fingerprint density at radius 3 is 2.75 bits per heavy atom. The molecule has 0 fully saturated rings. The molecule has 0 saturated carbocycles. The molecule has 0 aliphatic carbocycles. The Balaban J connectivity index is 2.82. The summed E-state index contributed by atoms with van der Waals surface area (Å²) in [7, 11) is 0. The van der Waals surface area contributed by atoms with Gasteiger partial charge >= 0.3 is 0 Å². The minimum Gasteiger partial charge on any atom is -0.330 e. The number of carbonyl (C=O) groups is 1. The van der Waals surface area contributed by atoms with Gasteiger partial charge in [0.15, 0.2) is 0 Å². The van der Waals surface area contributed by atoms with E-state index in [9.17, 15) is 4.79 Å². The molecular weight excluding hydrogens is 102 g/mol. The average Bonchev–Trinajstić information content (AvgIpc) is 1.66. The van der Waals surface area contributed by atoms with E-state index < -0.39 is 0 Å². The van der Waals surface area contributed by atoms with Crippen molar-refractivity contribution in [3.05, 3.63) is 6.42 Å². The molecule has 1 radical (unpaired) electrons. The number of unbranched alkanes of at least 4 members (excludes halogenated alkanes) is 1. The second-order valence-corrected chi connectivity index (χ2v) is 1.77. The van der Waals surface area contributed by atoms with Crippen LogP contribution >= 0.6 is 0 Å². The Kier molecular flexibility index (Phi) is 4.56. The molecule has 2 N–H and O–H groups in total. The standard InChI is InChI=1S/C6H12NO/c1-6(8)4-2-3-5-7/h2H,3-5,7H2,1H3. The van der Waals surface area contributed by atoms with Crippen LogP contribution in [0.1, 0.15) is 19.8 Å². The van der Waals surface area contributed by atoms with Crippen molar-refractivity contribution in [2.45, 2.75) is 19.8 Å². The van der Waals surface area contributed by atoms with Gasteiger partial charge in [0, 0.05) is 6.42 Å². The van der Waals surface area contributed by atoms with E-state index >= 15 is 0 Å². The highest BCUT2D eigenvalue weighted by atomic mass is 16.1. The molecule has 0 amide bonds. The second-order valence-electron chi connectivity index (χ2n) is 1.77. The summed E-state index contributed by atoms with van der Waals surface area (Å²) in [5.41, 5.74) is 5.17. The van der Waals surface area contributed by atoms with Crippen molar-refractivity contribution in [2.24, 2.45) is 5.73 Å². The van der Waals surface area contributed by atoms with Crippen molar-refractivity contribution >= 4 is 5.78 Å². The third-order valence-corrected chi connectivity index (χ3v) is 0.803. The largest absolute Gasteiger partial charge is 0.330 e. The Morgan fingerprint density at radius 2 is 2.38 bits per heavy atom. The summed E-state index contributed by atoms with van der Waals surface area (Å²) in [6, 6.07) is 0. The Labute approximate surface area is 50.1 Å². The van der Waals surface area contributed by atoms with Crippen LogP contribution in [0.2, 0.25) is 0 Å². The van der Waals surface area contributed by atoms with Crippen LogP contribution in [-0.2, 0) is 4.79 Å². The van der Waals surface area contributed by atoms with Gasteiger partial charge in [0.25, 0.3) is 0 Å². The lowest BCUT2D eigenvalue weighted by molar-refractivity contribution is -0.116. The van der Waals surface area contributed by atoms with Gasteiger partial charge in [-0.05, 0) is 26.3 Å². The lowest BCUT2D eigenvalue weighted by Crippen LogP contribution is -2.00. The molecule has 0 aliphatic rings. The van der Waals surface area contributed by atoms with Gasteiger partial charge in [0.05, 0.1) is 0 Å². The van der Waals surface area contributed by atoms with Crippen LogP contribution in [0, 0.1) is 6.42 Å². The van der Waals surface area contributed by atoms with Crippen LogP contribution in [0.5, 0.6) is 0 Å². The number of hydrogen-bond donors (Lipinski definition) is 1. The molecule has 0 heterocycles. The zero-order valence-corrected chi connectivity index (χ0v) is 5.18. The lowest BCUT2D eigenvalue weighted by atomic mass is 10.2. The maximum atomic E-state index is 10.2. The van der Waals surface area contributed by atoms with E-state index in [1.54, 1.807) is 6.92 Å². The molecule has 0 saturated heterocycles. The fourth-order valence-corrected chi connectivity index (χ4v) is 0.423. The topological polar surface area (TPSA) is 43.1 Å². The maximum Gasteiger partial charge on any atom is 0.130 e. The summed E-state index contributed by atoms with van der Waals surface area (Å²) in [6.07, 6.45) is 3.32. The number of rotatable bonds is 4. The van der Waals surface area contributed by atoms with Crippen molar-refractivity contribution in [3.8, 4) is 0 Å². The quantitative estimate of drug-likeness (QED) is 0.541. The van der Waals surface area contributed by atoms with Crippen LogP contribution in [0.4, 0.5) is 0 Å². The van der Waals surface area contributed by atoms with Crippen LogP contribution in [0.15, 0.2) is 0 Å². The SMILES string of the molecule is CC(=O)C[CH]CCN. The van der Waals surface area contributed by atoms with Gasteiger partial charge in [-0.1, -0.05) is 0 Å². The third-order valence-electron chi connectivity index (χ3n) is 0.803. The zero-order valence-electron chi connectivity index (χ0n) is 5.18. The number of hydrogen-bond acceptors (Lipinski definition) is 2. The van der Waals surface area contributed by atoms with Gasteiger partial charge in [-0.2, -0.15) is 0 Å². The van der Waals surface area contributed by atoms with Gasteiger partial charge in [0.1, 0.15) is 5.78 Å². The Hall–Kier alpha value is -0.370. The van der Waals surface area contributed by atoms with E-state index in [0.29, 0.717) is 13.0 Å². The molecule has 0 aromatic carbocycles. The van der Waals surface area contributed by atoms with E-state index in [1.165, 1.54) is 0 Å². The molecule has 0 aliphatic heterocycles. The molecule has 0 aromatic rings. The van der Waals surface area contributed by atoms with Crippen molar-refractivity contribution in [3.63, 3.8) is 0 Å². The van der Waals surface area contributed by atoms with Crippen LogP contribution in [-0.4, -0.2) is 12.3 Å². The van der Waals surface area contributed by atoms with Crippen LogP contribution in [0.3, 0.4) is 0 Å². The molecule has 0 aromatic heterocycles. The van der Waals surface area contributed by atoms with Gasteiger partial charge in [-0.25, -0.2) is 0 Å². The van der Waals surface area contributed by atoms with Crippen LogP contribution in [0.25, 0.3) is 0 Å². The molecule has 47 valence electrons. The fraction of sp³-hybridized carbons (Fsp3) is 0.667. The summed E-state index contributed by atoms with van der Waals surface area (Å²) < 4.78 is 0. The van der Waals surface area contributed by atoms with E-state index in [0.717, 1.165) is 6.42 Å². The summed E-state index contributed by atoms with van der Waals surface area (Å²) in [5, 5.41) is 0. The predicted octanol–water partition coefficient (Wildman–Crippen LogP) is 0.519. The highest BCUT2D eigenvalue weighted by molar-refractivity contribution is 5.76. The van der Waals surface area contributed by atoms with E-state index in [1.807, 2.05) is 6.42 Å². The Morgan fingerprint density at radius 1 is 1.75 bits per heavy atom. The molecule has 8 heavy (non-hydrogen) atoms. The van der Waals surface area contributed by atoms with Crippen molar-refractivity contribution in [1.29, 1.82) is 0 Å².